The fraction of sp³-hybridized carbons (Fsp3) is 0.600. The summed E-state index contributed by atoms with van der Waals surface area (Å²) in [5, 5.41) is 13.9. The largest absolute Gasteiger partial charge is 0.497 e. The van der Waals surface area contributed by atoms with Gasteiger partial charge in [0.1, 0.15) is 5.75 Å². The van der Waals surface area contributed by atoms with Crippen LogP contribution in [-0.2, 0) is 0 Å². The molecule has 3 nitrogen and oxygen atoms in total. The summed E-state index contributed by atoms with van der Waals surface area (Å²) in [4.78, 5) is 0. The molecular weight excluding hydrogens is 226 g/mol. The monoisotopic (exact) mass is 251 g/mol. The van der Waals surface area contributed by atoms with Crippen molar-refractivity contribution < 1.29 is 9.84 Å². The van der Waals surface area contributed by atoms with Crippen LogP contribution < -0.4 is 10.1 Å². The summed E-state index contributed by atoms with van der Waals surface area (Å²) in [6.07, 6.45) is 0.431. The second kappa shape index (κ2) is 6.76. The molecule has 0 fully saturated rings. The highest BCUT2D eigenvalue weighted by atomic mass is 16.5. The molecule has 1 rings (SSSR count). The second-order valence-electron chi connectivity index (χ2n) is 4.69. The second-order valence-corrected chi connectivity index (χ2v) is 4.69. The Labute approximate surface area is 110 Å². The van der Waals surface area contributed by atoms with Crippen LogP contribution in [0.2, 0.25) is 0 Å². The molecule has 18 heavy (non-hydrogen) atoms. The molecule has 3 heteroatoms. The Morgan fingerprint density at radius 2 is 1.78 bits per heavy atom. The van der Waals surface area contributed by atoms with Crippen LogP contribution in [0.4, 0.5) is 0 Å². The number of aliphatic hydroxyl groups is 1. The SMILES string of the molecule is CCNC(CC)C(O)c1c(C)cc(OC)cc1C. The number of likely N-dealkylation sites (N-methyl/N-ethyl adjacent to an activating group) is 1. The van der Waals surface area contributed by atoms with Gasteiger partial charge in [-0.25, -0.2) is 0 Å². The van der Waals surface area contributed by atoms with E-state index >= 15 is 0 Å². The van der Waals surface area contributed by atoms with E-state index in [1.54, 1.807) is 7.11 Å². The molecule has 0 heterocycles. The van der Waals surface area contributed by atoms with Gasteiger partial charge < -0.3 is 15.2 Å². The molecule has 0 aliphatic carbocycles. The average Bonchev–Trinajstić information content (AvgIpc) is 2.34. The number of ether oxygens (including phenoxy) is 1. The van der Waals surface area contributed by atoms with E-state index in [1.165, 1.54) is 0 Å². The Morgan fingerprint density at radius 3 is 2.17 bits per heavy atom. The molecular formula is C15H25NO2. The Bertz CT molecular complexity index is 367. The smallest absolute Gasteiger partial charge is 0.119 e. The topological polar surface area (TPSA) is 41.5 Å². The van der Waals surface area contributed by atoms with Gasteiger partial charge in [0.05, 0.1) is 13.2 Å². The molecule has 0 amide bonds. The average molecular weight is 251 g/mol. The predicted molar refractivity (Wildman–Crippen MR) is 75.2 cm³/mol. The highest BCUT2D eigenvalue weighted by Gasteiger charge is 2.22. The summed E-state index contributed by atoms with van der Waals surface area (Å²) < 4.78 is 5.25. The lowest BCUT2D eigenvalue weighted by molar-refractivity contribution is 0.126. The van der Waals surface area contributed by atoms with E-state index in [2.05, 4.69) is 19.2 Å². The van der Waals surface area contributed by atoms with E-state index in [0.29, 0.717) is 0 Å². The first-order valence-corrected chi connectivity index (χ1v) is 6.61. The van der Waals surface area contributed by atoms with Crippen LogP contribution in [0.15, 0.2) is 12.1 Å². The Kier molecular flexibility index (Phi) is 5.63. The van der Waals surface area contributed by atoms with Crippen molar-refractivity contribution in [3.8, 4) is 5.75 Å². The van der Waals surface area contributed by atoms with Crippen molar-refractivity contribution >= 4 is 0 Å². The molecule has 0 saturated heterocycles. The fourth-order valence-electron chi connectivity index (χ4n) is 2.46. The number of nitrogens with one attached hydrogen (secondary N) is 1. The van der Waals surface area contributed by atoms with Crippen LogP contribution in [0.1, 0.15) is 43.1 Å². The maximum absolute atomic E-state index is 10.5. The lowest BCUT2D eigenvalue weighted by Gasteiger charge is -2.26. The van der Waals surface area contributed by atoms with Gasteiger partial charge in [-0.3, -0.25) is 0 Å². The lowest BCUT2D eigenvalue weighted by atomic mass is 9.92. The third kappa shape index (κ3) is 3.24. The first kappa shape index (κ1) is 15.0. The minimum atomic E-state index is -0.471. The molecule has 2 atom stereocenters. The number of benzene rings is 1. The summed E-state index contributed by atoms with van der Waals surface area (Å²) >= 11 is 0. The van der Waals surface area contributed by atoms with Crippen LogP contribution in [0.5, 0.6) is 5.75 Å². The van der Waals surface area contributed by atoms with Crippen LogP contribution in [0.3, 0.4) is 0 Å². The van der Waals surface area contributed by atoms with Crippen molar-refractivity contribution in [3.05, 3.63) is 28.8 Å². The number of aryl methyl sites for hydroxylation is 2. The first-order chi connectivity index (χ1) is 8.54. The van der Waals surface area contributed by atoms with Gasteiger partial charge in [-0.1, -0.05) is 13.8 Å². The molecule has 0 saturated carbocycles. The van der Waals surface area contributed by atoms with E-state index in [4.69, 9.17) is 4.74 Å². The molecule has 2 N–H and O–H groups in total. The van der Waals surface area contributed by atoms with E-state index < -0.39 is 6.10 Å². The zero-order valence-corrected chi connectivity index (χ0v) is 12.1. The van der Waals surface area contributed by atoms with Crippen molar-refractivity contribution in [1.29, 1.82) is 0 Å². The molecule has 2 unspecified atom stereocenters. The van der Waals surface area contributed by atoms with Gasteiger partial charge in [-0.05, 0) is 55.6 Å². The van der Waals surface area contributed by atoms with Gasteiger partial charge >= 0.3 is 0 Å². The third-order valence-corrected chi connectivity index (χ3v) is 3.39. The quantitative estimate of drug-likeness (QED) is 0.817. The Hall–Kier alpha value is -1.06. The van der Waals surface area contributed by atoms with Crippen molar-refractivity contribution in [3.63, 3.8) is 0 Å². The Balaban J connectivity index is 3.08. The molecule has 0 spiro atoms. The Morgan fingerprint density at radius 1 is 1.22 bits per heavy atom. The van der Waals surface area contributed by atoms with E-state index in [9.17, 15) is 5.11 Å². The molecule has 1 aromatic carbocycles. The van der Waals surface area contributed by atoms with Gasteiger partial charge in [-0.2, -0.15) is 0 Å². The molecule has 102 valence electrons. The minimum Gasteiger partial charge on any atom is -0.497 e. The third-order valence-electron chi connectivity index (χ3n) is 3.39. The van der Waals surface area contributed by atoms with Crippen LogP contribution in [0.25, 0.3) is 0 Å². The number of hydrogen-bond acceptors (Lipinski definition) is 3. The van der Waals surface area contributed by atoms with Crippen LogP contribution in [-0.4, -0.2) is 24.8 Å². The van der Waals surface area contributed by atoms with Crippen LogP contribution >= 0.6 is 0 Å². The number of methoxy groups -OCH3 is 1. The number of aliphatic hydroxyl groups excluding tert-OH is 1. The molecule has 0 aliphatic rings. The molecule has 0 aliphatic heterocycles. The van der Waals surface area contributed by atoms with Gasteiger partial charge in [0.15, 0.2) is 0 Å². The molecule has 1 aromatic rings. The van der Waals surface area contributed by atoms with Crippen molar-refractivity contribution in [1.82, 2.24) is 5.32 Å². The van der Waals surface area contributed by atoms with Gasteiger partial charge in [0.25, 0.3) is 0 Å². The number of rotatable bonds is 6. The fourth-order valence-corrected chi connectivity index (χ4v) is 2.46. The number of hydrogen-bond donors (Lipinski definition) is 2. The maximum atomic E-state index is 10.5. The van der Waals surface area contributed by atoms with Gasteiger partial charge in [0.2, 0.25) is 0 Å². The molecule has 0 aromatic heterocycles. The van der Waals surface area contributed by atoms with Gasteiger partial charge in [0, 0.05) is 6.04 Å². The lowest BCUT2D eigenvalue weighted by Crippen LogP contribution is -2.34. The highest BCUT2D eigenvalue weighted by Crippen LogP contribution is 2.29. The molecule has 0 bridgehead atoms. The predicted octanol–water partition coefficient (Wildman–Crippen LogP) is 2.73. The first-order valence-electron chi connectivity index (χ1n) is 6.61. The zero-order valence-electron chi connectivity index (χ0n) is 12.1. The molecule has 0 radical (unpaired) electrons. The summed E-state index contributed by atoms with van der Waals surface area (Å²) in [6.45, 7) is 9.05. The summed E-state index contributed by atoms with van der Waals surface area (Å²) in [5.41, 5.74) is 3.18. The standard InChI is InChI=1S/C15H25NO2/c1-6-13(16-7-2)15(17)14-10(3)8-12(18-5)9-11(14)4/h8-9,13,15-17H,6-7H2,1-5H3. The van der Waals surface area contributed by atoms with Crippen LogP contribution in [0, 0.1) is 13.8 Å². The van der Waals surface area contributed by atoms with Gasteiger partial charge in [-0.15, -0.1) is 0 Å². The van der Waals surface area contributed by atoms with Crippen molar-refractivity contribution in [2.45, 2.75) is 46.3 Å². The summed E-state index contributed by atoms with van der Waals surface area (Å²) in [5.74, 6) is 0.845. The maximum Gasteiger partial charge on any atom is 0.119 e. The van der Waals surface area contributed by atoms with E-state index in [0.717, 1.165) is 35.4 Å². The van der Waals surface area contributed by atoms with E-state index in [-0.39, 0.29) is 6.04 Å². The summed E-state index contributed by atoms with van der Waals surface area (Å²) in [6, 6.07) is 4.05. The zero-order chi connectivity index (χ0) is 13.7. The normalized spacial score (nSPS) is 14.3. The highest BCUT2D eigenvalue weighted by molar-refractivity contribution is 5.42. The minimum absolute atomic E-state index is 0.0980. The summed E-state index contributed by atoms with van der Waals surface area (Å²) in [7, 11) is 1.66. The van der Waals surface area contributed by atoms with Crippen molar-refractivity contribution in [2.24, 2.45) is 0 Å². The van der Waals surface area contributed by atoms with Crippen molar-refractivity contribution in [2.75, 3.05) is 13.7 Å². The van der Waals surface area contributed by atoms with E-state index in [1.807, 2.05) is 26.0 Å².